The minimum Gasteiger partial charge on any atom is -0.462 e. The topological polar surface area (TPSA) is 81.7 Å². The lowest BCUT2D eigenvalue weighted by molar-refractivity contribution is -0.157. The lowest BCUT2D eigenvalue weighted by atomic mass is 9.80. The summed E-state index contributed by atoms with van der Waals surface area (Å²) in [6, 6.07) is 13.4. The molecule has 6 nitrogen and oxygen atoms in total. The third-order valence-electron chi connectivity index (χ3n) is 6.16. The van der Waals surface area contributed by atoms with E-state index < -0.39 is 17.8 Å². The largest absolute Gasteiger partial charge is 0.462 e. The number of anilines is 1. The number of ether oxygens (including phenoxy) is 2. The monoisotopic (exact) mass is 365 g/mol. The van der Waals surface area contributed by atoms with E-state index in [0.29, 0.717) is 5.69 Å². The van der Waals surface area contributed by atoms with Crippen LogP contribution in [-0.2, 0) is 23.9 Å². The molecule has 1 N–H and O–H groups in total. The van der Waals surface area contributed by atoms with Crippen molar-refractivity contribution in [3.8, 4) is 0 Å². The molecular formula is C21H19NO5. The van der Waals surface area contributed by atoms with E-state index in [2.05, 4.69) is 5.32 Å². The molecule has 0 unspecified atom stereocenters. The van der Waals surface area contributed by atoms with Gasteiger partial charge in [0, 0.05) is 17.0 Å². The maximum absolute atomic E-state index is 12.5. The van der Waals surface area contributed by atoms with E-state index in [9.17, 15) is 14.4 Å². The highest BCUT2D eigenvalue weighted by Gasteiger charge is 2.64. The second-order valence-electron chi connectivity index (χ2n) is 7.60. The maximum Gasteiger partial charge on any atom is 0.310 e. The second kappa shape index (κ2) is 6.08. The number of benzene rings is 2. The Morgan fingerprint density at radius 2 is 1.93 bits per heavy atom. The normalized spacial score (nSPS) is 30.4. The van der Waals surface area contributed by atoms with Crippen molar-refractivity contribution in [2.45, 2.75) is 18.9 Å². The van der Waals surface area contributed by atoms with Gasteiger partial charge in [0.25, 0.3) is 5.91 Å². The summed E-state index contributed by atoms with van der Waals surface area (Å²) < 4.78 is 10.6. The Balaban J connectivity index is 1.23. The molecule has 2 saturated carbocycles. The van der Waals surface area contributed by atoms with Crippen molar-refractivity contribution in [3.63, 3.8) is 0 Å². The molecule has 3 aliphatic rings. The van der Waals surface area contributed by atoms with Crippen molar-refractivity contribution in [1.29, 1.82) is 0 Å². The fourth-order valence-electron chi connectivity index (χ4n) is 5.08. The third kappa shape index (κ3) is 2.59. The first-order valence-corrected chi connectivity index (χ1v) is 9.26. The highest BCUT2D eigenvalue weighted by molar-refractivity contribution is 6.02. The molecule has 0 spiro atoms. The van der Waals surface area contributed by atoms with Crippen LogP contribution in [0.1, 0.15) is 12.8 Å². The number of fused-ring (bicyclic) bond motifs is 2. The van der Waals surface area contributed by atoms with E-state index in [1.165, 1.54) is 0 Å². The molecule has 3 fully saturated rings. The SMILES string of the molecule is O=C(COC(=O)[C@H]1[C@@H]2C[C@@H]3[C@@H]1C(=O)O[C@@H]3C2)Nc1cccc2ccccc12. The average Bonchev–Trinajstić information content (AvgIpc) is 3.29. The number of amides is 1. The molecule has 2 bridgehead atoms. The van der Waals surface area contributed by atoms with Gasteiger partial charge in [0.1, 0.15) is 6.10 Å². The molecule has 0 aromatic heterocycles. The molecule has 5 rings (SSSR count). The summed E-state index contributed by atoms with van der Waals surface area (Å²) in [6.45, 7) is -0.360. The number of nitrogens with one attached hydrogen (secondary N) is 1. The van der Waals surface area contributed by atoms with Gasteiger partial charge in [-0.15, -0.1) is 0 Å². The third-order valence-corrected chi connectivity index (χ3v) is 6.16. The van der Waals surface area contributed by atoms with Crippen molar-refractivity contribution in [1.82, 2.24) is 0 Å². The first-order valence-electron chi connectivity index (χ1n) is 9.26. The van der Waals surface area contributed by atoms with Crippen LogP contribution < -0.4 is 5.32 Å². The van der Waals surface area contributed by atoms with E-state index in [1.54, 1.807) is 0 Å². The van der Waals surface area contributed by atoms with Crippen LogP contribution in [0, 0.1) is 23.7 Å². The van der Waals surface area contributed by atoms with E-state index in [0.717, 1.165) is 23.6 Å². The van der Waals surface area contributed by atoms with Crippen LogP contribution in [0.15, 0.2) is 42.5 Å². The number of hydrogen-bond donors (Lipinski definition) is 1. The van der Waals surface area contributed by atoms with Gasteiger partial charge in [-0.2, -0.15) is 0 Å². The lowest BCUT2D eigenvalue weighted by Crippen LogP contribution is -2.34. The number of carbonyl (C=O) groups is 3. The summed E-state index contributed by atoms with van der Waals surface area (Å²) in [5.41, 5.74) is 0.677. The molecule has 27 heavy (non-hydrogen) atoms. The molecule has 5 atom stereocenters. The van der Waals surface area contributed by atoms with Gasteiger partial charge in [-0.3, -0.25) is 14.4 Å². The Labute approximate surface area is 155 Å². The van der Waals surface area contributed by atoms with Gasteiger partial charge >= 0.3 is 11.9 Å². The van der Waals surface area contributed by atoms with Crippen LogP contribution in [0.25, 0.3) is 10.8 Å². The van der Waals surface area contributed by atoms with E-state index >= 15 is 0 Å². The van der Waals surface area contributed by atoms with Gasteiger partial charge in [0.05, 0.1) is 11.8 Å². The minimum atomic E-state index is -0.466. The molecular weight excluding hydrogens is 346 g/mol. The molecule has 2 aliphatic carbocycles. The number of rotatable bonds is 4. The van der Waals surface area contributed by atoms with Crippen LogP contribution in [0.4, 0.5) is 5.69 Å². The summed E-state index contributed by atoms with van der Waals surface area (Å²) in [4.78, 5) is 36.8. The summed E-state index contributed by atoms with van der Waals surface area (Å²) in [5.74, 6) is -1.72. The smallest absolute Gasteiger partial charge is 0.310 e. The number of hydrogen-bond acceptors (Lipinski definition) is 5. The zero-order valence-electron chi connectivity index (χ0n) is 14.6. The molecule has 2 aromatic rings. The lowest BCUT2D eigenvalue weighted by Gasteiger charge is -2.22. The molecule has 138 valence electrons. The first kappa shape index (κ1) is 16.3. The second-order valence-corrected chi connectivity index (χ2v) is 7.60. The highest BCUT2D eigenvalue weighted by atomic mass is 16.6. The molecule has 1 amide bonds. The van der Waals surface area contributed by atoms with Gasteiger partial charge in [-0.05, 0) is 30.2 Å². The molecule has 1 heterocycles. The van der Waals surface area contributed by atoms with Crippen LogP contribution in [0.2, 0.25) is 0 Å². The minimum absolute atomic E-state index is 0.0220. The van der Waals surface area contributed by atoms with E-state index in [4.69, 9.17) is 9.47 Å². The molecule has 1 saturated heterocycles. The zero-order valence-corrected chi connectivity index (χ0v) is 14.6. The number of esters is 2. The van der Waals surface area contributed by atoms with Gasteiger partial charge in [0.2, 0.25) is 0 Å². The van der Waals surface area contributed by atoms with Gasteiger partial charge in [-0.25, -0.2) is 0 Å². The van der Waals surface area contributed by atoms with E-state index in [-0.39, 0.29) is 36.4 Å². The van der Waals surface area contributed by atoms with Crippen LogP contribution in [0.3, 0.4) is 0 Å². The molecule has 6 heteroatoms. The van der Waals surface area contributed by atoms with Crippen LogP contribution in [-0.4, -0.2) is 30.6 Å². The fraction of sp³-hybridized carbons (Fsp3) is 0.381. The standard InChI is InChI=1S/C21H19NO5/c23-17(22-15-7-3-5-11-4-1-2-6-13(11)15)10-26-20(24)18-12-8-14-16(9-12)27-21(25)19(14)18/h1-7,12,14,16,18-19H,8-10H2,(H,22,23)/t12-,14+,16-,18+,19+/m1/s1. The summed E-state index contributed by atoms with van der Waals surface area (Å²) in [5, 5.41) is 4.74. The van der Waals surface area contributed by atoms with Crippen LogP contribution >= 0.6 is 0 Å². The Kier molecular flexibility index (Phi) is 3.67. The van der Waals surface area contributed by atoms with Gasteiger partial charge in [-0.1, -0.05) is 36.4 Å². The molecule has 1 aliphatic heterocycles. The Bertz CT molecular complexity index is 947. The molecule has 0 radical (unpaired) electrons. The van der Waals surface area contributed by atoms with Gasteiger partial charge in [0.15, 0.2) is 6.61 Å². The van der Waals surface area contributed by atoms with Gasteiger partial charge < -0.3 is 14.8 Å². The Morgan fingerprint density at radius 3 is 2.81 bits per heavy atom. The maximum atomic E-state index is 12.5. The van der Waals surface area contributed by atoms with Crippen molar-refractivity contribution < 1.29 is 23.9 Å². The first-order chi connectivity index (χ1) is 13.1. The summed E-state index contributed by atoms with van der Waals surface area (Å²) in [6.07, 6.45) is 1.55. The summed E-state index contributed by atoms with van der Waals surface area (Å²) >= 11 is 0. The van der Waals surface area contributed by atoms with Crippen molar-refractivity contribution in [3.05, 3.63) is 42.5 Å². The van der Waals surface area contributed by atoms with Crippen molar-refractivity contribution in [2.75, 3.05) is 11.9 Å². The average molecular weight is 365 g/mol. The molecule has 2 aromatic carbocycles. The quantitative estimate of drug-likeness (QED) is 0.842. The predicted octanol–water partition coefficient (Wildman–Crippen LogP) is 2.52. The predicted molar refractivity (Wildman–Crippen MR) is 96.6 cm³/mol. The fourth-order valence-corrected chi connectivity index (χ4v) is 5.08. The van der Waals surface area contributed by atoms with Crippen molar-refractivity contribution in [2.24, 2.45) is 23.7 Å². The zero-order chi connectivity index (χ0) is 18.5. The van der Waals surface area contributed by atoms with Crippen molar-refractivity contribution >= 4 is 34.3 Å². The Hall–Kier alpha value is -2.89. The highest BCUT2D eigenvalue weighted by Crippen LogP contribution is 2.57. The summed E-state index contributed by atoms with van der Waals surface area (Å²) in [7, 11) is 0. The number of carbonyl (C=O) groups excluding carboxylic acids is 3. The Morgan fingerprint density at radius 1 is 1.11 bits per heavy atom. The van der Waals surface area contributed by atoms with E-state index in [1.807, 2.05) is 42.5 Å². The van der Waals surface area contributed by atoms with Crippen LogP contribution in [0.5, 0.6) is 0 Å².